The highest BCUT2D eigenvalue weighted by molar-refractivity contribution is 7.98. The lowest BCUT2D eigenvalue weighted by Crippen LogP contribution is -2.31. The van der Waals surface area contributed by atoms with Gasteiger partial charge in [-0.25, -0.2) is 4.98 Å². The lowest BCUT2D eigenvalue weighted by atomic mass is 10.1. The molecule has 0 aliphatic carbocycles. The van der Waals surface area contributed by atoms with Gasteiger partial charge in [-0.1, -0.05) is 12.1 Å². The largest absolute Gasteiger partial charge is 0.482 e. The average molecular weight is 410 g/mol. The van der Waals surface area contributed by atoms with Crippen molar-refractivity contribution in [2.24, 2.45) is 7.05 Å². The first-order valence-corrected chi connectivity index (χ1v) is 10.7. The number of hydrogen-bond acceptors (Lipinski definition) is 5. The lowest BCUT2D eigenvalue weighted by Gasteiger charge is -2.20. The summed E-state index contributed by atoms with van der Waals surface area (Å²) in [6.07, 6.45) is 2.80. The van der Waals surface area contributed by atoms with Gasteiger partial charge in [-0.2, -0.15) is 11.8 Å². The number of ether oxygens (including phenoxy) is 1. The van der Waals surface area contributed by atoms with E-state index in [9.17, 15) is 9.59 Å². The number of rotatable bonds is 6. The van der Waals surface area contributed by atoms with Gasteiger partial charge in [0.05, 0.1) is 22.8 Å². The van der Waals surface area contributed by atoms with Crippen molar-refractivity contribution in [3.05, 3.63) is 53.9 Å². The van der Waals surface area contributed by atoms with E-state index in [0.717, 1.165) is 29.0 Å². The Kier molecular flexibility index (Phi) is 5.44. The standard InChI is InChI=1S/C21H22N4O3S/c1-25-17-6-4-3-5-14(17)23-20(25)15(9-10-29-2)24-21(27)13-7-8-18-16(11-13)22-19(26)12-28-18/h3-8,11,15H,9-10,12H2,1-2H3,(H,22,26)(H,24,27)/t15-/m1/s1. The molecule has 1 aliphatic heterocycles. The Balaban J connectivity index is 1.61. The number of imidazole rings is 1. The number of nitrogens with zero attached hydrogens (tertiary/aromatic N) is 2. The second kappa shape index (κ2) is 8.16. The molecular weight excluding hydrogens is 388 g/mol. The summed E-state index contributed by atoms with van der Waals surface area (Å²) in [4.78, 5) is 29.3. The van der Waals surface area contributed by atoms with Crippen molar-refractivity contribution < 1.29 is 14.3 Å². The molecular formula is C21H22N4O3S. The fraction of sp³-hybridized carbons (Fsp3) is 0.286. The summed E-state index contributed by atoms with van der Waals surface area (Å²) in [6.45, 7) is -0.0119. The zero-order valence-electron chi connectivity index (χ0n) is 16.3. The summed E-state index contributed by atoms with van der Waals surface area (Å²) in [5.74, 6) is 1.83. The second-order valence-corrected chi connectivity index (χ2v) is 7.86. The van der Waals surface area contributed by atoms with Crippen LogP contribution in [-0.2, 0) is 11.8 Å². The highest BCUT2D eigenvalue weighted by atomic mass is 32.2. The zero-order valence-corrected chi connectivity index (χ0v) is 17.1. The summed E-state index contributed by atoms with van der Waals surface area (Å²) in [7, 11) is 1.97. The highest BCUT2D eigenvalue weighted by Gasteiger charge is 2.23. The maximum absolute atomic E-state index is 13.0. The van der Waals surface area contributed by atoms with E-state index in [1.54, 1.807) is 30.0 Å². The van der Waals surface area contributed by atoms with Gasteiger partial charge >= 0.3 is 0 Å². The quantitative estimate of drug-likeness (QED) is 0.652. The van der Waals surface area contributed by atoms with E-state index in [0.29, 0.717) is 17.0 Å². The van der Waals surface area contributed by atoms with Crippen molar-refractivity contribution in [2.45, 2.75) is 12.5 Å². The number of carbonyl (C=O) groups excluding carboxylic acids is 2. The summed E-state index contributed by atoms with van der Waals surface area (Å²) < 4.78 is 7.39. The summed E-state index contributed by atoms with van der Waals surface area (Å²) in [6, 6.07) is 12.7. The maximum atomic E-state index is 13.0. The van der Waals surface area contributed by atoms with Gasteiger partial charge < -0.3 is 19.9 Å². The molecule has 2 N–H and O–H groups in total. The van der Waals surface area contributed by atoms with Crippen molar-refractivity contribution in [1.82, 2.24) is 14.9 Å². The van der Waals surface area contributed by atoms with Gasteiger partial charge in [-0.3, -0.25) is 9.59 Å². The van der Waals surface area contributed by atoms with Crippen LogP contribution in [-0.4, -0.2) is 40.0 Å². The number of nitrogens with one attached hydrogen (secondary N) is 2. The molecule has 1 aromatic heterocycles. The van der Waals surface area contributed by atoms with Gasteiger partial charge in [-0.05, 0) is 48.8 Å². The van der Waals surface area contributed by atoms with Gasteiger partial charge in [0, 0.05) is 12.6 Å². The van der Waals surface area contributed by atoms with Crippen LogP contribution >= 0.6 is 11.8 Å². The number of aryl methyl sites for hydroxylation is 1. The van der Waals surface area contributed by atoms with Crippen LogP contribution in [0, 0.1) is 0 Å². The third-order valence-corrected chi connectivity index (χ3v) is 5.57. The number of anilines is 1. The average Bonchev–Trinajstić information content (AvgIpc) is 3.07. The monoisotopic (exact) mass is 410 g/mol. The molecule has 2 amide bonds. The molecule has 2 heterocycles. The van der Waals surface area contributed by atoms with Crippen LogP contribution in [0.1, 0.15) is 28.6 Å². The van der Waals surface area contributed by atoms with Gasteiger partial charge in [0.1, 0.15) is 11.6 Å². The maximum Gasteiger partial charge on any atom is 0.262 e. The van der Waals surface area contributed by atoms with Gasteiger partial charge in [0.15, 0.2) is 6.61 Å². The van der Waals surface area contributed by atoms with Gasteiger partial charge in [0.2, 0.25) is 0 Å². The summed E-state index contributed by atoms with van der Waals surface area (Å²) in [5, 5.41) is 5.85. The smallest absolute Gasteiger partial charge is 0.262 e. The fourth-order valence-electron chi connectivity index (χ4n) is 3.44. The first-order chi connectivity index (χ1) is 14.1. The number of carbonyl (C=O) groups is 2. The Hall–Kier alpha value is -3.00. The Morgan fingerprint density at radius 2 is 2.17 bits per heavy atom. The first-order valence-electron chi connectivity index (χ1n) is 9.34. The predicted octanol–water partition coefficient (Wildman–Crippen LogP) is 3.13. The second-order valence-electron chi connectivity index (χ2n) is 6.87. The number of benzene rings is 2. The van der Waals surface area contributed by atoms with Crippen LogP contribution < -0.4 is 15.4 Å². The zero-order chi connectivity index (χ0) is 20.4. The molecule has 29 heavy (non-hydrogen) atoms. The Labute approximate surface area is 172 Å². The van der Waals surface area contributed by atoms with Crippen LogP contribution in [0.5, 0.6) is 5.75 Å². The third kappa shape index (κ3) is 3.93. The number of aromatic nitrogens is 2. The molecule has 0 saturated heterocycles. The van der Waals surface area contributed by atoms with E-state index in [1.807, 2.05) is 42.1 Å². The van der Waals surface area contributed by atoms with Crippen LogP contribution in [0.15, 0.2) is 42.5 Å². The van der Waals surface area contributed by atoms with Crippen molar-refractivity contribution in [3.63, 3.8) is 0 Å². The SMILES string of the molecule is CSCC[C@@H](NC(=O)c1ccc2c(c1)NC(=O)CO2)c1nc2ccccc2n1C. The van der Waals surface area contributed by atoms with E-state index in [2.05, 4.69) is 10.6 Å². The Bertz CT molecular complexity index is 1080. The molecule has 1 aliphatic rings. The minimum absolute atomic E-state index is 0.0119. The molecule has 1 atom stereocenters. The van der Waals surface area contributed by atoms with Crippen molar-refractivity contribution in [2.75, 3.05) is 23.9 Å². The molecule has 0 bridgehead atoms. The Morgan fingerprint density at radius 1 is 1.34 bits per heavy atom. The number of fused-ring (bicyclic) bond motifs is 2. The van der Waals surface area contributed by atoms with E-state index < -0.39 is 0 Å². The van der Waals surface area contributed by atoms with Gasteiger partial charge in [0.25, 0.3) is 11.8 Å². The Morgan fingerprint density at radius 3 is 2.97 bits per heavy atom. The van der Waals surface area contributed by atoms with Crippen LogP contribution in [0.4, 0.5) is 5.69 Å². The first kappa shape index (κ1) is 19.3. The molecule has 8 heteroatoms. The number of amides is 2. The van der Waals surface area contributed by atoms with E-state index in [1.165, 1.54) is 0 Å². The molecule has 0 radical (unpaired) electrons. The molecule has 0 fully saturated rings. The molecule has 2 aromatic carbocycles. The van der Waals surface area contributed by atoms with Crippen LogP contribution in [0.25, 0.3) is 11.0 Å². The molecule has 0 spiro atoms. The minimum atomic E-state index is -0.229. The van der Waals surface area contributed by atoms with Gasteiger partial charge in [-0.15, -0.1) is 0 Å². The van der Waals surface area contributed by atoms with E-state index >= 15 is 0 Å². The van der Waals surface area contributed by atoms with E-state index in [-0.39, 0.29) is 24.5 Å². The predicted molar refractivity (Wildman–Crippen MR) is 114 cm³/mol. The topological polar surface area (TPSA) is 85.2 Å². The third-order valence-electron chi connectivity index (χ3n) is 4.92. The highest BCUT2D eigenvalue weighted by Crippen LogP contribution is 2.29. The molecule has 3 aromatic rings. The molecule has 7 nitrogen and oxygen atoms in total. The van der Waals surface area contributed by atoms with Crippen molar-refractivity contribution >= 4 is 40.3 Å². The van der Waals surface area contributed by atoms with Crippen LogP contribution in [0.3, 0.4) is 0 Å². The van der Waals surface area contributed by atoms with E-state index in [4.69, 9.17) is 9.72 Å². The fourth-order valence-corrected chi connectivity index (χ4v) is 3.91. The normalized spacial score (nSPS) is 14.1. The number of para-hydroxylation sites is 2. The molecule has 150 valence electrons. The number of thioether (sulfide) groups is 1. The summed E-state index contributed by atoms with van der Waals surface area (Å²) >= 11 is 1.73. The van der Waals surface area contributed by atoms with Crippen LogP contribution in [0.2, 0.25) is 0 Å². The minimum Gasteiger partial charge on any atom is -0.482 e. The molecule has 4 rings (SSSR count). The number of hydrogen-bond donors (Lipinski definition) is 2. The lowest BCUT2D eigenvalue weighted by molar-refractivity contribution is -0.118. The van der Waals surface area contributed by atoms with Crippen molar-refractivity contribution in [1.29, 1.82) is 0 Å². The van der Waals surface area contributed by atoms with Crippen molar-refractivity contribution in [3.8, 4) is 5.75 Å². The molecule has 0 saturated carbocycles. The molecule has 0 unspecified atom stereocenters. The summed E-state index contributed by atoms with van der Waals surface area (Å²) in [5.41, 5.74) is 2.90.